The van der Waals surface area contributed by atoms with Crippen LogP contribution in [-0.2, 0) is 16.1 Å². The van der Waals surface area contributed by atoms with Gasteiger partial charge in [-0.15, -0.1) is 0 Å². The molecule has 0 bridgehead atoms. The van der Waals surface area contributed by atoms with Gasteiger partial charge in [0.2, 0.25) is 11.8 Å². The molecule has 0 N–H and O–H groups in total. The number of carbonyl (C=O) groups is 2. The van der Waals surface area contributed by atoms with E-state index in [-0.39, 0.29) is 18.4 Å². The molecular weight excluding hydrogens is 312 g/mol. The minimum absolute atomic E-state index is 0.0561. The third kappa shape index (κ3) is 5.18. The SMILES string of the molecule is CC(=O)N(CC(=O)N(Cc1ccccc1)c1ccccc1)C(C)(C)C. The first-order valence-electron chi connectivity index (χ1n) is 8.46. The molecule has 0 atom stereocenters. The Labute approximate surface area is 150 Å². The van der Waals surface area contributed by atoms with Gasteiger partial charge in [-0.3, -0.25) is 9.59 Å². The maximum atomic E-state index is 13.0. The summed E-state index contributed by atoms with van der Waals surface area (Å²) in [6.45, 7) is 7.84. The molecule has 2 aromatic rings. The summed E-state index contributed by atoms with van der Waals surface area (Å²) in [6, 6.07) is 19.4. The van der Waals surface area contributed by atoms with E-state index < -0.39 is 5.54 Å². The summed E-state index contributed by atoms with van der Waals surface area (Å²) >= 11 is 0. The average Bonchev–Trinajstić information content (AvgIpc) is 2.57. The standard InChI is InChI=1S/C21H26N2O2/c1-17(24)23(21(2,3)4)16-20(25)22(19-13-9-6-10-14-19)15-18-11-7-5-8-12-18/h5-14H,15-16H2,1-4H3. The van der Waals surface area contributed by atoms with Crippen molar-refractivity contribution in [1.82, 2.24) is 4.90 Å². The summed E-state index contributed by atoms with van der Waals surface area (Å²) in [5.41, 5.74) is 1.47. The quantitative estimate of drug-likeness (QED) is 0.830. The Kier molecular flexibility index (Phi) is 5.97. The van der Waals surface area contributed by atoms with Gasteiger partial charge in [0.1, 0.15) is 6.54 Å². The molecule has 2 aromatic carbocycles. The topological polar surface area (TPSA) is 40.6 Å². The van der Waals surface area contributed by atoms with Crippen molar-refractivity contribution in [3.05, 3.63) is 66.2 Å². The smallest absolute Gasteiger partial charge is 0.246 e. The Balaban J connectivity index is 2.28. The molecular formula is C21H26N2O2. The van der Waals surface area contributed by atoms with Crippen LogP contribution < -0.4 is 4.90 Å². The fraction of sp³-hybridized carbons (Fsp3) is 0.333. The van der Waals surface area contributed by atoms with Crippen molar-refractivity contribution in [2.45, 2.75) is 39.8 Å². The van der Waals surface area contributed by atoms with Crippen LogP contribution in [0.1, 0.15) is 33.3 Å². The summed E-state index contributed by atoms with van der Waals surface area (Å²) in [5, 5.41) is 0. The van der Waals surface area contributed by atoms with E-state index >= 15 is 0 Å². The van der Waals surface area contributed by atoms with Gasteiger partial charge in [0.15, 0.2) is 0 Å². The number of rotatable bonds is 5. The van der Waals surface area contributed by atoms with Gasteiger partial charge in [0, 0.05) is 18.2 Å². The molecule has 2 rings (SSSR count). The third-order valence-corrected chi connectivity index (χ3v) is 4.04. The van der Waals surface area contributed by atoms with Crippen LogP contribution in [0.5, 0.6) is 0 Å². The lowest BCUT2D eigenvalue weighted by atomic mass is 10.1. The van der Waals surface area contributed by atoms with Crippen molar-refractivity contribution in [2.24, 2.45) is 0 Å². The molecule has 0 heterocycles. The molecule has 0 saturated carbocycles. The van der Waals surface area contributed by atoms with E-state index in [4.69, 9.17) is 0 Å². The number of anilines is 1. The zero-order chi connectivity index (χ0) is 18.4. The highest BCUT2D eigenvalue weighted by Gasteiger charge is 2.28. The number of nitrogens with zero attached hydrogens (tertiary/aromatic N) is 2. The lowest BCUT2D eigenvalue weighted by Crippen LogP contribution is -2.50. The second-order valence-corrected chi connectivity index (χ2v) is 7.08. The molecule has 0 radical (unpaired) electrons. The van der Waals surface area contributed by atoms with Crippen LogP contribution in [0.4, 0.5) is 5.69 Å². The Morgan fingerprint density at radius 3 is 1.88 bits per heavy atom. The number of hydrogen-bond donors (Lipinski definition) is 0. The zero-order valence-corrected chi connectivity index (χ0v) is 15.4. The second kappa shape index (κ2) is 7.97. The highest BCUT2D eigenvalue weighted by atomic mass is 16.2. The summed E-state index contributed by atoms with van der Waals surface area (Å²) in [5.74, 6) is -0.200. The van der Waals surface area contributed by atoms with Crippen LogP contribution in [0.3, 0.4) is 0 Å². The first kappa shape index (κ1) is 18.7. The highest BCUT2D eigenvalue weighted by Crippen LogP contribution is 2.20. The van der Waals surface area contributed by atoms with Crippen LogP contribution >= 0.6 is 0 Å². The largest absolute Gasteiger partial charge is 0.329 e. The number of para-hydroxylation sites is 1. The molecule has 0 unspecified atom stereocenters. The van der Waals surface area contributed by atoms with Crippen molar-refractivity contribution >= 4 is 17.5 Å². The van der Waals surface area contributed by atoms with E-state index in [1.54, 1.807) is 9.80 Å². The van der Waals surface area contributed by atoms with Crippen LogP contribution in [0.15, 0.2) is 60.7 Å². The molecule has 132 valence electrons. The summed E-state index contributed by atoms with van der Waals surface area (Å²) in [7, 11) is 0. The van der Waals surface area contributed by atoms with Crippen LogP contribution in [0, 0.1) is 0 Å². The first-order valence-corrected chi connectivity index (χ1v) is 8.46. The molecule has 4 nitrogen and oxygen atoms in total. The van der Waals surface area contributed by atoms with Gasteiger partial charge in [-0.1, -0.05) is 48.5 Å². The number of benzene rings is 2. The minimum atomic E-state index is -0.406. The van der Waals surface area contributed by atoms with Crippen LogP contribution in [0.2, 0.25) is 0 Å². The van der Waals surface area contributed by atoms with Gasteiger partial charge in [-0.25, -0.2) is 0 Å². The zero-order valence-electron chi connectivity index (χ0n) is 15.4. The van der Waals surface area contributed by atoms with Crippen molar-refractivity contribution in [1.29, 1.82) is 0 Å². The monoisotopic (exact) mass is 338 g/mol. The molecule has 0 saturated heterocycles. The van der Waals surface area contributed by atoms with Crippen molar-refractivity contribution < 1.29 is 9.59 Å². The van der Waals surface area contributed by atoms with Crippen molar-refractivity contribution in [3.8, 4) is 0 Å². The molecule has 0 aliphatic carbocycles. The van der Waals surface area contributed by atoms with Gasteiger partial charge in [0.05, 0.1) is 6.54 Å². The van der Waals surface area contributed by atoms with Crippen LogP contribution in [-0.4, -0.2) is 28.8 Å². The third-order valence-electron chi connectivity index (χ3n) is 4.04. The molecule has 2 amide bonds. The van der Waals surface area contributed by atoms with Gasteiger partial charge in [-0.05, 0) is 38.5 Å². The van der Waals surface area contributed by atoms with Crippen LogP contribution in [0.25, 0.3) is 0 Å². The molecule has 0 aliphatic rings. The van der Waals surface area contributed by atoms with E-state index in [0.717, 1.165) is 11.3 Å². The van der Waals surface area contributed by atoms with E-state index in [1.807, 2.05) is 81.4 Å². The van der Waals surface area contributed by atoms with Gasteiger partial charge in [0.25, 0.3) is 0 Å². The molecule has 25 heavy (non-hydrogen) atoms. The van der Waals surface area contributed by atoms with Gasteiger partial charge < -0.3 is 9.80 Å². The molecule has 0 fully saturated rings. The van der Waals surface area contributed by atoms with Gasteiger partial charge in [-0.2, -0.15) is 0 Å². The predicted octanol–water partition coefficient (Wildman–Crippen LogP) is 3.87. The lowest BCUT2D eigenvalue weighted by molar-refractivity contribution is -0.138. The Morgan fingerprint density at radius 2 is 1.40 bits per heavy atom. The number of carbonyl (C=O) groups excluding carboxylic acids is 2. The van der Waals surface area contributed by atoms with E-state index in [1.165, 1.54) is 6.92 Å². The Hall–Kier alpha value is -2.62. The first-order chi connectivity index (χ1) is 11.8. The molecule has 0 aliphatic heterocycles. The fourth-order valence-electron chi connectivity index (χ4n) is 2.74. The minimum Gasteiger partial charge on any atom is -0.329 e. The van der Waals surface area contributed by atoms with Crippen molar-refractivity contribution in [3.63, 3.8) is 0 Å². The lowest BCUT2D eigenvalue weighted by Gasteiger charge is -2.36. The van der Waals surface area contributed by atoms with E-state index in [0.29, 0.717) is 6.54 Å². The molecule has 0 spiro atoms. The number of hydrogen-bond acceptors (Lipinski definition) is 2. The maximum absolute atomic E-state index is 13.0. The summed E-state index contributed by atoms with van der Waals surface area (Å²) in [4.78, 5) is 28.4. The highest BCUT2D eigenvalue weighted by molar-refractivity contribution is 5.96. The van der Waals surface area contributed by atoms with E-state index in [2.05, 4.69) is 0 Å². The van der Waals surface area contributed by atoms with Gasteiger partial charge >= 0.3 is 0 Å². The van der Waals surface area contributed by atoms with Crippen molar-refractivity contribution in [2.75, 3.05) is 11.4 Å². The second-order valence-electron chi connectivity index (χ2n) is 7.08. The maximum Gasteiger partial charge on any atom is 0.246 e. The molecule has 0 aromatic heterocycles. The summed E-state index contributed by atoms with van der Waals surface area (Å²) in [6.07, 6.45) is 0. The predicted molar refractivity (Wildman–Crippen MR) is 101 cm³/mol. The normalized spacial score (nSPS) is 11.0. The fourth-order valence-corrected chi connectivity index (χ4v) is 2.74. The molecule has 4 heteroatoms. The summed E-state index contributed by atoms with van der Waals surface area (Å²) < 4.78 is 0. The Bertz CT molecular complexity index is 706. The average molecular weight is 338 g/mol. The number of amides is 2. The van der Waals surface area contributed by atoms with E-state index in [9.17, 15) is 9.59 Å². The Morgan fingerprint density at radius 1 is 0.880 bits per heavy atom.